The molecule has 0 saturated carbocycles. The van der Waals surface area contributed by atoms with Crippen molar-refractivity contribution in [2.45, 2.75) is 77.5 Å². The first kappa shape index (κ1) is 40.0. The molecule has 3 aromatic carbocycles. The fourth-order valence-corrected chi connectivity index (χ4v) is 7.91. The zero-order valence-electron chi connectivity index (χ0n) is 33.7. The van der Waals surface area contributed by atoms with Crippen molar-refractivity contribution in [3.05, 3.63) is 83.7 Å². The molecule has 0 spiro atoms. The van der Waals surface area contributed by atoms with Gasteiger partial charge in [-0.3, -0.25) is 9.59 Å². The van der Waals surface area contributed by atoms with Crippen LogP contribution in [0.1, 0.15) is 88.4 Å². The Morgan fingerprint density at radius 3 is 2.26 bits per heavy atom. The first-order valence-electron chi connectivity index (χ1n) is 19.8. The molecule has 2 fully saturated rings. The number of H-pyrrole nitrogens is 2. The Kier molecular flexibility index (Phi) is 12.1. The van der Waals surface area contributed by atoms with E-state index in [9.17, 15) is 14.4 Å². The van der Waals surface area contributed by atoms with Crippen LogP contribution in [-0.4, -0.2) is 93.4 Å². The summed E-state index contributed by atoms with van der Waals surface area (Å²) in [5, 5.41) is 4.83. The van der Waals surface area contributed by atoms with Gasteiger partial charge in [0, 0.05) is 24.8 Å². The van der Waals surface area contributed by atoms with Crippen LogP contribution in [0.2, 0.25) is 0 Å². The summed E-state index contributed by atoms with van der Waals surface area (Å²) in [5.41, 5.74) is 5.31. The van der Waals surface area contributed by atoms with Gasteiger partial charge in [-0.1, -0.05) is 57.9 Å². The zero-order chi connectivity index (χ0) is 40.9. The second-order valence-electron chi connectivity index (χ2n) is 15.5. The van der Waals surface area contributed by atoms with Gasteiger partial charge in [0.2, 0.25) is 18.2 Å². The monoisotopic (exact) mass is 786 g/mol. The number of hydrogen-bond acceptors (Lipinski definition) is 9. The van der Waals surface area contributed by atoms with Crippen LogP contribution in [0, 0.1) is 23.7 Å². The summed E-state index contributed by atoms with van der Waals surface area (Å²) in [6, 6.07) is 17.1. The van der Waals surface area contributed by atoms with Crippen molar-refractivity contribution in [2.75, 3.05) is 27.3 Å². The van der Waals surface area contributed by atoms with Crippen molar-refractivity contribution < 1.29 is 28.9 Å². The molecule has 0 unspecified atom stereocenters. The zero-order valence-corrected chi connectivity index (χ0v) is 33.7. The van der Waals surface area contributed by atoms with Crippen LogP contribution in [0.5, 0.6) is 0 Å². The number of hydrogen-bond donors (Lipinski definition) is 3. The lowest BCUT2D eigenvalue weighted by Crippen LogP contribution is -2.51. The second kappa shape index (κ2) is 17.5. The minimum atomic E-state index is -0.694. The van der Waals surface area contributed by atoms with Crippen LogP contribution in [-0.2, 0) is 24.1 Å². The molecule has 4 heterocycles. The molecule has 14 nitrogen and oxygen atoms in total. The summed E-state index contributed by atoms with van der Waals surface area (Å²) < 4.78 is 4.75. The highest BCUT2D eigenvalue weighted by atomic mass is 17.2. The number of imidazole rings is 2. The van der Waals surface area contributed by atoms with E-state index in [-0.39, 0.29) is 35.7 Å². The molecular weight excluding hydrogens is 737 g/mol. The summed E-state index contributed by atoms with van der Waals surface area (Å²) in [4.78, 5) is 72.9. The predicted octanol–water partition coefficient (Wildman–Crippen LogP) is 6.84. The fourth-order valence-electron chi connectivity index (χ4n) is 7.91. The van der Waals surface area contributed by atoms with Crippen LogP contribution in [0.25, 0.3) is 32.9 Å². The van der Waals surface area contributed by atoms with Gasteiger partial charge in [0.25, 0.3) is 0 Å². The third-order valence-corrected chi connectivity index (χ3v) is 10.9. The second-order valence-corrected chi connectivity index (χ2v) is 15.5. The van der Waals surface area contributed by atoms with E-state index in [0.29, 0.717) is 24.6 Å². The number of likely N-dealkylation sites (tertiary alicyclic amines) is 2. The van der Waals surface area contributed by atoms with Crippen molar-refractivity contribution in [3.63, 3.8) is 0 Å². The number of ether oxygens (including phenoxy) is 1. The number of rotatable bonds is 11. The van der Waals surface area contributed by atoms with Gasteiger partial charge in [-0.2, -0.15) is 4.89 Å². The number of aliphatic imine (C=N–C) groups is 1. The van der Waals surface area contributed by atoms with Gasteiger partial charge in [-0.05, 0) is 95.7 Å². The number of fused-ring (bicyclic) bond motifs is 2. The summed E-state index contributed by atoms with van der Waals surface area (Å²) in [5.74, 6) is 7.55. The minimum Gasteiger partial charge on any atom is -0.453 e. The van der Waals surface area contributed by atoms with Crippen molar-refractivity contribution in [3.8, 4) is 23.0 Å². The molecule has 2 aliphatic rings. The highest BCUT2D eigenvalue weighted by Gasteiger charge is 2.38. The van der Waals surface area contributed by atoms with E-state index in [1.807, 2.05) is 44.7 Å². The highest BCUT2D eigenvalue weighted by molar-refractivity contribution is 5.91. The van der Waals surface area contributed by atoms with Crippen molar-refractivity contribution in [2.24, 2.45) is 16.8 Å². The van der Waals surface area contributed by atoms with Crippen LogP contribution >= 0.6 is 0 Å². The molecule has 58 heavy (non-hydrogen) atoms. The normalized spacial score (nSPS) is 17.9. The van der Waals surface area contributed by atoms with Gasteiger partial charge in [0.15, 0.2) is 0 Å². The topological polar surface area (TPSA) is 167 Å². The molecule has 2 saturated heterocycles. The highest BCUT2D eigenvalue weighted by Crippen LogP contribution is 2.35. The maximum Gasteiger partial charge on any atom is 0.407 e. The van der Waals surface area contributed by atoms with Gasteiger partial charge < -0.3 is 34.7 Å². The molecule has 2 aromatic heterocycles. The molecule has 3 N–H and O–H groups in total. The Hall–Kier alpha value is -6.20. The number of carbonyl (C=O) groups is 3. The van der Waals surface area contributed by atoms with Crippen LogP contribution < -0.4 is 5.32 Å². The Morgan fingerprint density at radius 1 is 0.845 bits per heavy atom. The molecule has 0 aliphatic carbocycles. The minimum absolute atomic E-state index is 0.0147. The first-order valence-corrected chi connectivity index (χ1v) is 19.8. The van der Waals surface area contributed by atoms with Crippen molar-refractivity contribution in [1.82, 2.24) is 35.1 Å². The number of alkyl carbamates (subject to hydrolysis) is 1. The summed E-state index contributed by atoms with van der Waals surface area (Å²) in [7, 11) is 2.68. The number of nitrogens with zero attached hydrogens (tertiary/aromatic N) is 5. The SMILES string of the molecule is COO/C=N\[C@H](C(=O)N1CCC[C@H]1c1nc2cc(-c3ccc4cc(C#Cc5c[nH]c([C@@H]6CCCN6C(=O)[C@@H](NC(=O)OC)C(C)C)n5)ccc4c3)ccc2[nH]1)C(C)C. The Morgan fingerprint density at radius 2 is 1.53 bits per heavy atom. The first-order chi connectivity index (χ1) is 28.0. The molecule has 302 valence electrons. The Labute approximate surface area is 337 Å². The Bertz CT molecular complexity index is 2390. The van der Waals surface area contributed by atoms with Gasteiger partial charge in [-0.25, -0.2) is 19.8 Å². The van der Waals surface area contributed by atoms with Gasteiger partial charge in [0.1, 0.15) is 29.4 Å². The lowest BCUT2D eigenvalue weighted by molar-refractivity contribution is -0.188. The maximum absolute atomic E-state index is 13.6. The van der Waals surface area contributed by atoms with Crippen LogP contribution in [0.3, 0.4) is 0 Å². The van der Waals surface area contributed by atoms with Crippen LogP contribution in [0.4, 0.5) is 4.79 Å². The number of amides is 3. The van der Waals surface area contributed by atoms with Crippen molar-refractivity contribution in [1.29, 1.82) is 0 Å². The molecule has 14 heteroatoms. The van der Waals surface area contributed by atoms with E-state index in [1.54, 1.807) is 11.1 Å². The molecule has 4 atom stereocenters. The number of benzene rings is 3. The van der Waals surface area contributed by atoms with E-state index in [1.165, 1.54) is 20.6 Å². The van der Waals surface area contributed by atoms with E-state index in [4.69, 9.17) is 19.6 Å². The Balaban J connectivity index is 1.04. The molecule has 3 amide bonds. The molecule has 5 aromatic rings. The maximum atomic E-state index is 13.6. The third kappa shape index (κ3) is 8.55. The van der Waals surface area contributed by atoms with E-state index >= 15 is 0 Å². The lowest BCUT2D eigenvalue weighted by atomic mass is 9.99. The summed E-state index contributed by atoms with van der Waals surface area (Å²) in [6.07, 6.45) is 5.63. The summed E-state index contributed by atoms with van der Waals surface area (Å²) in [6.45, 7) is 8.95. The quantitative estimate of drug-likeness (QED) is 0.0430. The number of aromatic amines is 2. The fraction of sp³-hybridized carbons (Fsp3) is 0.409. The third-order valence-electron chi connectivity index (χ3n) is 10.9. The molecule has 0 bridgehead atoms. The van der Waals surface area contributed by atoms with Gasteiger partial charge in [0.05, 0.1) is 37.3 Å². The standard InChI is InChI=1S/C44H50N8O6/c1-26(2)38(46-25-58-57-6)42(53)52-20-8-10-37(52)41-48-34-18-16-32(23-35(34)49-41)31-15-14-29-21-28(11-13-30(29)22-31)12-17-33-24-45-40(47-33)36-9-7-19-51(36)43(54)39(27(3)4)50-44(55)56-5/h11,13-16,18,21-27,36-39H,7-10,19-20H2,1-6H3,(H,45,47)(H,48,49)(H,50,55)/b46-25-/t36-,37-,38-,39-/m0/s1. The van der Waals surface area contributed by atoms with E-state index < -0.39 is 18.2 Å². The average Bonchev–Trinajstić information content (AvgIpc) is 4.06. The van der Waals surface area contributed by atoms with E-state index in [0.717, 1.165) is 70.0 Å². The number of nitrogens with one attached hydrogen (secondary N) is 3. The number of aromatic nitrogens is 4. The molecule has 0 radical (unpaired) electrons. The molecule has 7 rings (SSSR count). The number of carbonyl (C=O) groups excluding carboxylic acids is 3. The predicted molar refractivity (Wildman–Crippen MR) is 220 cm³/mol. The molecule has 2 aliphatic heterocycles. The summed E-state index contributed by atoms with van der Waals surface area (Å²) >= 11 is 0. The van der Waals surface area contributed by atoms with E-state index in [2.05, 4.69) is 79.5 Å². The molecular formula is C44H50N8O6. The van der Waals surface area contributed by atoms with Crippen molar-refractivity contribution >= 4 is 46.1 Å². The number of methoxy groups -OCH3 is 1. The average molecular weight is 787 g/mol. The van der Waals surface area contributed by atoms with Crippen LogP contribution in [0.15, 0.2) is 65.8 Å². The lowest BCUT2D eigenvalue weighted by Gasteiger charge is -2.29. The smallest absolute Gasteiger partial charge is 0.407 e. The van der Waals surface area contributed by atoms with Gasteiger partial charge in [-0.15, -0.1) is 0 Å². The largest absolute Gasteiger partial charge is 0.453 e. The van der Waals surface area contributed by atoms with Gasteiger partial charge >= 0.3 is 6.09 Å².